The second-order valence-electron chi connectivity index (χ2n) is 6.58. The van der Waals surface area contributed by atoms with Crippen LogP contribution in [0.5, 0.6) is 0 Å². The maximum atomic E-state index is 10.6. The molecule has 1 N–H and O–H groups in total. The third kappa shape index (κ3) is 1.84. The highest BCUT2D eigenvalue weighted by Gasteiger charge is 2.48. The molecule has 1 heteroatoms. The molecule has 0 saturated heterocycles. The smallest absolute Gasteiger partial charge is 0.0641 e. The second-order valence-corrected chi connectivity index (χ2v) is 6.58. The molecule has 4 atom stereocenters. The van der Waals surface area contributed by atoms with Gasteiger partial charge in [0.1, 0.15) is 0 Å². The standard InChI is InChI=1S/C15H26O/c1-10(2)12-7-9-15(4)8-5-6-11(3)13(15)14(12)16/h10,12-14,16H,3,5-9H2,1-2,4H3. The summed E-state index contributed by atoms with van der Waals surface area (Å²) in [6, 6.07) is 0. The topological polar surface area (TPSA) is 20.2 Å². The second kappa shape index (κ2) is 4.18. The van der Waals surface area contributed by atoms with Crippen molar-refractivity contribution in [2.24, 2.45) is 23.2 Å². The van der Waals surface area contributed by atoms with E-state index >= 15 is 0 Å². The Labute approximate surface area is 99.9 Å². The average molecular weight is 222 g/mol. The molecule has 2 saturated carbocycles. The van der Waals surface area contributed by atoms with E-state index in [0.717, 1.165) is 6.42 Å². The number of rotatable bonds is 1. The molecule has 1 nitrogen and oxygen atoms in total. The molecule has 2 aliphatic carbocycles. The monoisotopic (exact) mass is 222 g/mol. The lowest BCUT2D eigenvalue weighted by Gasteiger charge is -2.52. The van der Waals surface area contributed by atoms with Gasteiger partial charge in [0.2, 0.25) is 0 Å². The predicted octanol–water partition coefficient (Wildman–Crippen LogP) is 3.78. The van der Waals surface area contributed by atoms with Crippen LogP contribution in [0.25, 0.3) is 0 Å². The number of hydrogen-bond donors (Lipinski definition) is 1. The van der Waals surface area contributed by atoms with Gasteiger partial charge in [-0.1, -0.05) is 32.9 Å². The van der Waals surface area contributed by atoms with Crippen LogP contribution >= 0.6 is 0 Å². The maximum Gasteiger partial charge on any atom is 0.0641 e. The van der Waals surface area contributed by atoms with Crippen LogP contribution in [0.15, 0.2) is 12.2 Å². The van der Waals surface area contributed by atoms with Crippen molar-refractivity contribution >= 4 is 0 Å². The highest BCUT2D eigenvalue weighted by Crippen LogP contribution is 2.54. The summed E-state index contributed by atoms with van der Waals surface area (Å²) < 4.78 is 0. The fourth-order valence-electron chi connectivity index (χ4n) is 4.10. The van der Waals surface area contributed by atoms with E-state index in [1.807, 2.05) is 0 Å². The van der Waals surface area contributed by atoms with Crippen molar-refractivity contribution in [2.45, 2.75) is 59.0 Å². The van der Waals surface area contributed by atoms with E-state index in [9.17, 15) is 5.11 Å². The van der Waals surface area contributed by atoms with Crippen LogP contribution in [0.2, 0.25) is 0 Å². The summed E-state index contributed by atoms with van der Waals surface area (Å²) in [5.41, 5.74) is 1.65. The zero-order chi connectivity index (χ0) is 11.9. The molecule has 92 valence electrons. The van der Waals surface area contributed by atoms with E-state index in [2.05, 4.69) is 27.4 Å². The Morgan fingerprint density at radius 1 is 1.38 bits per heavy atom. The molecule has 0 spiro atoms. The van der Waals surface area contributed by atoms with Crippen molar-refractivity contribution in [3.8, 4) is 0 Å². The Bertz CT molecular complexity index is 281. The van der Waals surface area contributed by atoms with Crippen LogP contribution in [0, 0.1) is 23.2 Å². The Morgan fingerprint density at radius 3 is 2.69 bits per heavy atom. The summed E-state index contributed by atoms with van der Waals surface area (Å²) in [7, 11) is 0. The molecule has 0 radical (unpaired) electrons. The van der Waals surface area contributed by atoms with Gasteiger partial charge in [-0.15, -0.1) is 0 Å². The SMILES string of the molecule is C=C1CCCC2(C)CCC(C(C)C)C(O)C12. The van der Waals surface area contributed by atoms with E-state index in [0.29, 0.717) is 23.2 Å². The minimum atomic E-state index is -0.147. The maximum absolute atomic E-state index is 10.6. The minimum absolute atomic E-state index is 0.147. The van der Waals surface area contributed by atoms with Crippen molar-refractivity contribution < 1.29 is 5.11 Å². The molecule has 0 aromatic heterocycles. The van der Waals surface area contributed by atoms with E-state index in [-0.39, 0.29) is 6.10 Å². The van der Waals surface area contributed by atoms with Gasteiger partial charge in [0.05, 0.1) is 6.10 Å². The normalized spacial score (nSPS) is 44.6. The van der Waals surface area contributed by atoms with Crippen molar-refractivity contribution in [3.63, 3.8) is 0 Å². The number of aliphatic hydroxyl groups is 1. The molecule has 0 amide bonds. The van der Waals surface area contributed by atoms with Crippen LogP contribution in [-0.2, 0) is 0 Å². The fourth-order valence-corrected chi connectivity index (χ4v) is 4.10. The Kier molecular flexibility index (Phi) is 3.18. The summed E-state index contributed by atoms with van der Waals surface area (Å²) in [4.78, 5) is 0. The van der Waals surface area contributed by atoms with Gasteiger partial charge in [-0.05, 0) is 49.4 Å². The van der Waals surface area contributed by atoms with Crippen LogP contribution in [-0.4, -0.2) is 11.2 Å². The minimum Gasteiger partial charge on any atom is -0.392 e. The van der Waals surface area contributed by atoms with Crippen LogP contribution in [0.1, 0.15) is 52.9 Å². The Hall–Kier alpha value is -0.300. The zero-order valence-corrected chi connectivity index (χ0v) is 11.0. The van der Waals surface area contributed by atoms with Gasteiger partial charge in [-0.2, -0.15) is 0 Å². The lowest BCUT2D eigenvalue weighted by atomic mass is 9.54. The lowest BCUT2D eigenvalue weighted by molar-refractivity contribution is -0.0669. The number of hydrogen-bond acceptors (Lipinski definition) is 1. The first-order valence-corrected chi connectivity index (χ1v) is 6.81. The molecule has 2 fully saturated rings. The Balaban J connectivity index is 2.24. The number of aliphatic hydroxyl groups excluding tert-OH is 1. The fraction of sp³-hybridized carbons (Fsp3) is 0.867. The molecule has 2 aliphatic rings. The Morgan fingerprint density at radius 2 is 2.06 bits per heavy atom. The number of fused-ring (bicyclic) bond motifs is 1. The molecule has 0 aromatic carbocycles. The van der Waals surface area contributed by atoms with E-state index in [1.54, 1.807) is 0 Å². The van der Waals surface area contributed by atoms with Gasteiger partial charge < -0.3 is 5.11 Å². The van der Waals surface area contributed by atoms with Crippen molar-refractivity contribution in [1.29, 1.82) is 0 Å². The van der Waals surface area contributed by atoms with Gasteiger partial charge in [-0.25, -0.2) is 0 Å². The van der Waals surface area contributed by atoms with E-state index < -0.39 is 0 Å². The third-order valence-corrected chi connectivity index (χ3v) is 5.12. The van der Waals surface area contributed by atoms with Crippen LogP contribution in [0.3, 0.4) is 0 Å². The zero-order valence-electron chi connectivity index (χ0n) is 11.0. The van der Waals surface area contributed by atoms with Crippen molar-refractivity contribution in [1.82, 2.24) is 0 Å². The summed E-state index contributed by atoms with van der Waals surface area (Å²) in [6.45, 7) is 11.1. The summed E-state index contributed by atoms with van der Waals surface area (Å²) in [6.07, 6.45) is 5.99. The van der Waals surface area contributed by atoms with E-state index in [4.69, 9.17) is 0 Å². The molecular weight excluding hydrogens is 196 g/mol. The third-order valence-electron chi connectivity index (χ3n) is 5.12. The van der Waals surface area contributed by atoms with Gasteiger partial charge in [0, 0.05) is 5.92 Å². The first-order chi connectivity index (χ1) is 7.46. The molecular formula is C15H26O. The molecule has 16 heavy (non-hydrogen) atoms. The van der Waals surface area contributed by atoms with Gasteiger partial charge in [-0.3, -0.25) is 0 Å². The predicted molar refractivity (Wildman–Crippen MR) is 68.2 cm³/mol. The van der Waals surface area contributed by atoms with Crippen LogP contribution < -0.4 is 0 Å². The quantitative estimate of drug-likeness (QED) is 0.669. The molecule has 2 rings (SSSR count). The first kappa shape index (κ1) is 12.2. The van der Waals surface area contributed by atoms with Gasteiger partial charge in [0.15, 0.2) is 0 Å². The molecule has 0 aromatic rings. The molecule has 4 unspecified atom stereocenters. The van der Waals surface area contributed by atoms with Gasteiger partial charge >= 0.3 is 0 Å². The molecule has 0 bridgehead atoms. The summed E-state index contributed by atoms with van der Waals surface area (Å²) in [5, 5.41) is 10.6. The molecule has 0 heterocycles. The largest absolute Gasteiger partial charge is 0.392 e. The summed E-state index contributed by atoms with van der Waals surface area (Å²) >= 11 is 0. The van der Waals surface area contributed by atoms with Crippen LogP contribution in [0.4, 0.5) is 0 Å². The average Bonchev–Trinajstić information content (AvgIpc) is 2.16. The van der Waals surface area contributed by atoms with Gasteiger partial charge in [0.25, 0.3) is 0 Å². The summed E-state index contributed by atoms with van der Waals surface area (Å²) in [5.74, 6) is 1.43. The van der Waals surface area contributed by atoms with E-state index in [1.165, 1.54) is 31.3 Å². The first-order valence-electron chi connectivity index (χ1n) is 6.81. The van der Waals surface area contributed by atoms with Crippen molar-refractivity contribution in [2.75, 3.05) is 0 Å². The highest BCUT2D eigenvalue weighted by atomic mass is 16.3. The highest BCUT2D eigenvalue weighted by molar-refractivity contribution is 5.15. The lowest BCUT2D eigenvalue weighted by Crippen LogP contribution is -2.48. The molecule has 0 aliphatic heterocycles. The van der Waals surface area contributed by atoms with Crippen molar-refractivity contribution in [3.05, 3.63) is 12.2 Å².